The van der Waals surface area contributed by atoms with E-state index in [2.05, 4.69) is 20.5 Å². The van der Waals surface area contributed by atoms with Crippen LogP contribution < -0.4 is 10.1 Å². The van der Waals surface area contributed by atoms with E-state index >= 15 is 0 Å². The molecule has 1 aromatic carbocycles. The maximum absolute atomic E-state index is 11.8. The molecular formula is C13H17N5O2. The number of H-pyrrole nitrogens is 1. The predicted molar refractivity (Wildman–Crippen MR) is 74.8 cm³/mol. The summed E-state index contributed by atoms with van der Waals surface area (Å²) in [6, 6.07) is 7.22. The molecular weight excluding hydrogens is 258 g/mol. The predicted octanol–water partition coefficient (Wildman–Crippen LogP) is 0.997. The molecule has 1 amide bonds. The van der Waals surface area contributed by atoms with Gasteiger partial charge in [0.05, 0.1) is 0 Å². The highest BCUT2D eigenvalue weighted by molar-refractivity contribution is 6.01. The van der Waals surface area contributed by atoms with Gasteiger partial charge >= 0.3 is 0 Å². The smallest absolute Gasteiger partial charge is 0.292 e. The molecule has 7 heteroatoms. The average molecular weight is 275 g/mol. The third-order valence-corrected chi connectivity index (χ3v) is 2.53. The van der Waals surface area contributed by atoms with Crippen LogP contribution >= 0.6 is 0 Å². The van der Waals surface area contributed by atoms with Gasteiger partial charge in [0.15, 0.2) is 0 Å². The molecule has 2 N–H and O–H groups in total. The normalized spacial score (nSPS) is 10.6. The van der Waals surface area contributed by atoms with Gasteiger partial charge in [-0.05, 0) is 26.2 Å². The number of hydrogen-bond donors (Lipinski definition) is 2. The Morgan fingerprint density at radius 2 is 2.30 bits per heavy atom. The van der Waals surface area contributed by atoms with E-state index in [0.717, 1.165) is 6.54 Å². The number of rotatable bonds is 6. The molecule has 0 aliphatic rings. The van der Waals surface area contributed by atoms with E-state index in [1.54, 1.807) is 12.1 Å². The molecule has 0 saturated carbocycles. The fourth-order valence-corrected chi connectivity index (χ4v) is 1.51. The summed E-state index contributed by atoms with van der Waals surface area (Å²) in [6.07, 6.45) is 1.29. The van der Waals surface area contributed by atoms with E-state index in [-0.39, 0.29) is 11.7 Å². The minimum atomic E-state index is -0.340. The van der Waals surface area contributed by atoms with Gasteiger partial charge in [-0.15, -0.1) is 0 Å². The third-order valence-electron chi connectivity index (χ3n) is 2.53. The topological polar surface area (TPSA) is 83.1 Å². The second kappa shape index (κ2) is 6.67. The van der Waals surface area contributed by atoms with Gasteiger partial charge in [-0.1, -0.05) is 6.07 Å². The quantitative estimate of drug-likeness (QED) is 0.821. The fraction of sp³-hybridized carbons (Fsp3) is 0.308. The van der Waals surface area contributed by atoms with Crippen molar-refractivity contribution in [2.75, 3.05) is 32.6 Å². The average Bonchev–Trinajstić information content (AvgIpc) is 2.92. The van der Waals surface area contributed by atoms with Crippen molar-refractivity contribution in [2.24, 2.45) is 0 Å². The Hall–Kier alpha value is -2.41. The van der Waals surface area contributed by atoms with Gasteiger partial charge in [-0.3, -0.25) is 9.89 Å². The van der Waals surface area contributed by atoms with Crippen molar-refractivity contribution < 1.29 is 9.53 Å². The van der Waals surface area contributed by atoms with E-state index in [9.17, 15) is 4.79 Å². The molecule has 0 fully saturated rings. The van der Waals surface area contributed by atoms with Crippen molar-refractivity contribution in [3.05, 3.63) is 36.4 Å². The molecule has 2 rings (SSSR count). The van der Waals surface area contributed by atoms with Crippen LogP contribution in [0.3, 0.4) is 0 Å². The number of ether oxygens (including phenoxy) is 1. The van der Waals surface area contributed by atoms with E-state index in [1.165, 1.54) is 6.33 Å². The number of hydrogen-bond acceptors (Lipinski definition) is 5. The summed E-state index contributed by atoms with van der Waals surface area (Å²) in [5.41, 5.74) is 0.647. The number of amides is 1. The van der Waals surface area contributed by atoms with Crippen molar-refractivity contribution in [2.45, 2.75) is 0 Å². The molecule has 0 saturated heterocycles. The number of carbonyl (C=O) groups is 1. The Morgan fingerprint density at radius 1 is 1.45 bits per heavy atom. The lowest BCUT2D eigenvalue weighted by atomic mass is 10.3. The number of aromatic amines is 1. The van der Waals surface area contributed by atoms with Crippen LogP contribution in [0, 0.1) is 0 Å². The Labute approximate surface area is 117 Å². The second-order valence-corrected chi connectivity index (χ2v) is 4.47. The van der Waals surface area contributed by atoms with Crippen LogP contribution in [0.4, 0.5) is 5.69 Å². The molecule has 20 heavy (non-hydrogen) atoms. The maximum Gasteiger partial charge on any atom is 0.292 e. The molecule has 0 aliphatic heterocycles. The number of anilines is 1. The summed E-state index contributed by atoms with van der Waals surface area (Å²) in [5.74, 6) is 0.541. The SMILES string of the molecule is CN(C)CCOc1cccc(NC(=O)c2ncn[nH]2)c1. The third kappa shape index (κ3) is 4.06. The largest absolute Gasteiger partial charge is 0.492 e. The first-order valence-electron chi connectivity index (χ1n) is 6.19. The highest BCUT2D eigenvalue weighted by Crippen LogP contribution is 2.17. The Kier molecular flexibility index (Phi) is 4.67. The van der Waals surface area contributed by atoms with Gasteiger partial charge in [-0.25, -0.2) is 4.98 Å². The van der Waals surface area contributed by atoms with Gasteiger partial charge in [0.1, 0.15) is 18.7 Å². The highest BCUT2D eigenvalue weighted by atomic mass is 16.5. The highest BCUT2D eigenvalue weighted by Gasteiger charge is 2.09. The monoisotopic (exact) mass is 275 g/mol. The van der Waals surface area contributed by atoms with Gasteiger partial charge in [-0.2, -0.15) is 5.10 Å². The standard InChI is InChI=1S/C13H17N5O2/c1-18(2)6-7-20-11-5-3-4-10(8-11)16-13(19)12-14-9-15-17-12/h3-5,8-9H,6-7H2,1-2H3,(H,16,19)(H,14,15,17). The molecule has 0 atom stereocenters. The number of carbonyl (C=O) groups excluding carboxylic acids is 1. The lowest BCUT2D eigenvalue weighted by Crippen LogP contribution is -2.19. The Balaban J connectivity index is 1.94. The van der Waals surface area contributed by atoms with Crippen molar-refractivity contribution in [1.29, 1.82) is 0 Å². The Bertz CT molecular complexity index is 554. The maximum atomic E-state index is 11.8. The lowest BCUT2D eigenvalue weighted by molar-refractivity contribution is 0.101. The summed E-state index contributed by atoms with van der Waals surface area (Å²) in [7, 11) is 3.97. The molecule has 0 spiro atoms. The van der Waals surface area contributed by atoms with Crippen LogP contribution in [0.2, 0.25) is 0 Å². The van der Waals surface area contributed by atoms with Crippen molar-refractivity contribution >= 4 is 11.6 Å². The molecule has 0 unspecified atom stereocenters. The minimum absolute atomic E-state index is 0.170. The van der Waals surface area contributed by atoms with E-state index in [1.807, 2.05) is 31.1 Å². The number of nitrogens with zero attached hydrogens (tertiary/aromatic N) is 3. The van der Waals surface area contributed by atoms with Crippen LogP contribution in [0.25, 0.3) is 0 Å². The molecule has 2 aromatic rings. The van der Waals surface area contributed by atoms with Crippen LogP contribution in [0.15, 0.2) is 30.6 Å². The molecule has 106 valence electrons. The fourth-order valence-electron chi connectivity index (χ4n) is 1.51. The molecule has 0 bridgehead atoms. The second-order valence-electron chi connectivity index (χ2n) is 4.47. The van der Waals surface area contributed by atoms with Crippen LogP contribution in [-0.4, -0.2) is 53.2 Å². The zero-order chi connectivity index (χ0) is 14.4. The molecule has 0 aliphatic carbocycles. The van der Waals surface area contributed by atoms with E-state index in [4.69, 9.17) is 4.74 Å². The van der Waals surface area contributed by atoms with Crippen molar-refractivity contribution in [3.63, 3.8) is 0 Å². The van der Waals surface area contributed by atoms with Crippen LogP contribution in [0.1, 0.15) is 10.6 Å². The number of likely N-dealkylation sites (N-methyl/N-ethyl adjacent to an activating group) is 1. The summed E-state index contributed by atoms with van der Waals surface area (Å²) in [5, 5.41) is 8.86. The number of nitrogens with one attached hydrogen (secondary N) is 2. The molecule has 1 heterocycles. The number of benzene rings is 1. The van der Waals surface area contributed by atoms with Crippen LogP contribution in [-0.2, 0) is 0 Å². The van der Waals surface area contributed by atoms with Crippen LogP contribution in [0.5, 0.6) is 5.75 Å². The molecule has 7 nitrogen and oxygen atoms in total. The minimum Gasteiger partial charge on any atom is -0.492 e. The summed E-state index contributed by atoms with van der Waals surface area (Å²) in [4.78, 5) is 17.6. The lowest BCUT2D eigenvalue weighted by Gasteiger charge is -2.11. The first-order chi connectivity index (χ1) is 9.65. The molecule has 0 radical (unpaired) electrons. The van der Waals surface area contributed by atoms with Gasteiger partial charge in [0, 0.05) is 18.3 Å². The zero-order valence-electron chi connectivity index (χ0n) is 11.5. The summed E-state index contributed by atoms with van der Waals surface area (Å²) >= 11 is 0. The van der Waals surface area contributed by atoms with Gasteiger partial charge in [0.2, 0.25) is 5.82 Å². The zero-order valence-corrected chi connectivity index (χ0v) is 11.5. The molecule has 1 aromatic heterocycles. The van der Waals surface area contributed by atoms with Crippen molar-refractivity contribution in [3.8, 4) is 5.75 Å². The first-order valence-corrected chi connectivity index (χ1v) is 6.19. The first kappa shape index (κ1) is 14.0. The van der Waals surface area contributed by atoms with Gasteiger partial charge in [0.25, 0.3) is 5.91 Å². The summed E-state index contributed by atoms with van der Waals surface area (Å²) < 4.78 is 5.60. The van der Waals surface area contributed by atoms with E-state index < -0.39 is 0 Å². The van der Waals surface area contributed by atoms with E-state index in [0.29, 0.717) is 18.0 Å². The Morgan fingerprint density at radius 3 is 3.00 bits per heavy atom. The number of aromatic nitrogens is 3. The summed E-state index contributed by atoms with van der Waals surface area (Å²) in [6.45, 7) is 1.42. The van der Waals surface area contributed by atoms with Gasteiger partial charge < -0.3 is 15.0 Å². The van der Waals surface area contributed by atoms with Crippen molar-refractivity contribution in [1.82, 2.24) is 20.1 Å².